The number of aryl methyl sites for hydroxylation is 1. The van der Waals surface area contributed by atoms with Gasteiger partial charge in [-0.15, -0.1) is 0 Å². The Balaban J connectivity index is 2.19. The van der Waals surface area contributed by atoms with Gasteiger partial charge >= 0.3 is 5.69 Å². The van der Waals surface area contributed by atoms with Gasteiger partial charge in [-0.05, 0) is 28.8 Å². The number of aromatic nitrogens is 2. The Morgan fingerprint density at radius 2 is 2.13 bits per heavy atom. The highest BCUT2D eigenvalue weighted by molar-refractivity contribution is 7.07. The Morgan fingerprint density at radius 1 is 1.33 bits per heavy atom. The molecule has 0 atom stereocenters. The van der Waals surface area contributed by atoms with Crippen molar-refractivity contribution in [3.63, 3.8) is 0 Å². The summed E-state index contributed by atoms with van der Waals surface area (Å²) in [4.78, 5) is 11.8. The van der Waals surface area contributed by atoms with Crippen LogP contribution in [0.15, 0.2) is 34.0 Å². The van der Waals surface area contributed by atoms with Crippen LogP contribution in [0.5, 0.6) is 0 Å². The molecule has 0 aliphatic carbocycles. The second kappa shape index (κ2) is 4.49. The van der Waals surface area contributed by atoms with Crippen molar-refractivity contribution < 1.29 is 0 Å². The van der Waals surface area contributed by atoms with Crippen LogP contribution in [0, 0.1) is 0 Å². The van der Waals surface area contributed by atoms with E-state index in [1.54, 1.807) is 20.5 Å². The summed E-state index contributed by atoms with van der Waals surface area (Å²) in [7, 11) is 0. The van der Waals surface area contributed by atoms with Crippen LogP contribution < -0.4 is 5.69 Å². The minimum atomic E-state index is 0.0862. The van der Waals surface area contributed by atoms with Crippen LogP contribution in [0.25, 0.3) is 0 Å². The lowest BCUT2D eigenvalue weighted by Crippen LogP contribution is -2.24. The van der Waals surface area contributed by atoms with Gasteiger partial charge in [-0.2, -0.15) is 11.3 Å². The molecule has 0 saturated heterocycles. The molecule has 0 saturated carbocycles. The molecule has 0 fully saturated rings. The molecule has 4 heteroatoms. The lowest BCUT2D eigenvalue weighted by atomic mass is 10.3. The van der Waals surface area contributed by atoms with E-state index in [2.05, 4.69) is 12.3 Å². The third-order valence-electron chi connectivity index (χ3n) is 2.32. The lowest BCUT2D eigenvalue weighted by Gasteiger charge is -1.99. The highest BCUT2D eigenvalue weighted by Crippen LogP contribution is 2.06. The van der Waals surface area contributed by atoms with Crippen LogP contribution in [-0.2, 0) is 13.1 Å². The summed E-state index contributed by atoms with van der Waals surface area (Å²) in [6.45, 7) is 3.55. The fourth-order valence-corrected chi connectivity index (χ4v) is 2.22. The molecule has 0 aliphatic heterocycles. The molecule has 0 amide bonds. The molecular weight excluding hydrogens is 208 g/mol. The standard InChI is InChI=1S/C11H14N2OS/c1-2-4-12-5-6-13(11(12)14)8-10-3-7-15-9-10/h3,5-7,9H,2,4,8H2,1H3. The number of rotatable bonds is 4. The maximum Gasteiger partial charge on any atom is 0.328 e. The first-order valence-corrected chi connectivity index (χ1v) is 6.02. The van der Waals surface area contributed by atoms with Crippen molar-refractivity contribution >= 4 is 11.3 Å². The van der Waals surface area contributed by atoms with Crippen LogP contribution >= 0.6 is 11.3 Å². The summed E-state index contributed by atoms with van der Waals surface area (Å²) < 4.78 is 3.50. The van der Waals surface area contributed by atoms with Gasteiger partial charge < -0.3 is 0 Å². The highest BCUT2D eigenvalue weighted by atomic mass is 32.1. The number of hydrogen-bond donors (Lipinski definition) is 0. The summed E-state index contributed by atoms with van der Waals surface area (Å²) >= 11 is 1.66. The first kappa shape index (κ1) is 10.2. The first-order chi connectivity index (χ1) is 7.31. The summed E-state index contributed by atoms with van der Waals surface area (Å²) in [5.41, 5.74) is 1.28. The van der Waals surface area contributed by atoms with Crippen molar-refractivity contribution in [2.75, 3.05) is 0 Å². The Labute approximate surface area is 92.6 Å². The van der Waals surface area contributed by atoms with Gasteiger partial charge in [0.15, 0.2) is 0 Å². The maximum absolute atomic E-state index is 11.8. The molecule has 15 heavy (non-hydrogen) atoms. The zero-order valence-electron chi connectivity index (χ0n) is 8.72. The van der Waals surface area contributed by atoms with E-state index in [0.29, 0.717) is 6.54 Å². The molecule has 0 bridgehead atoms. The van der Waals surface area contributed by atoms with Crippen LogP contribution in [0.4, 0.5) is 0 Å². The Hall–Kier alpha value is -1.29. The van der Waals surface area contributed by atoms with E-state index in [0.717, 1.165) is 13.0 Å². The largest absolute Gasteiger partial charge is 0.328 e. The molecule has 2 heterocycles. The fraction of sp³-hybridized carbons (Fsp3) is 0.364. The number of thiophene rings is 1. The minimum absolute atomic E-state index is 0.0862. The Kier molecular flexibility index (Phi) is 3.06. The van der Waals surface area contributed by atoms with E-state index in [-0.39, 0.29) is 5.69 Å². The van der Waals surface area contributed by atoms with Gasteiger partial charge in [-0.1, -0.05) is 6.92 Å². The zero-order chi connectivity index (χ0) is 10.7. The van der Waals surface area contributed by atoms with Gasteiger partial charge in [-0.3, -0.25) is 9.13 Å². The summed E-state index contributed by atoms with van der Waals surface area (Å²) in [5, 5.41) is 4.10. The van der Waals surface area contributed by atoms with Crippen LogP contribution in [0.1, 0.15) is 18.9 Å². The van der Waals surface area contributed by atoms with E-state index >= 15 is 0 Å². The van der Waals surface area contributed by atoms with Gasteiger partial charge in [0.05, 0.1) is 6.54 Å². The number of nitrogens with zero attached hydrogens (tertiary/aromatic N) is 2. The molecule has 2 aromatic rings. The van der Waals surface area contributed by atoms with Gasteiger partial charge in [0.2, 0.25) is 0 Å². The smallest absolute Gasteiger partial charge is 0.299 e. The van der Waals surface area contributed by atoms with E-state index in [1.807, 2.05) is 23.8 Å². The molecule has 2 rings (SSSR count). The van der Waals surface area contributed by atoms with E-state index < -0.39 is 0 Å². The quantitative estimate of drug-likeness (QED) is 0.779. The van der Waals surface area contributed by atoms with Crippen LogP contribution in [-0.4, -0.2) is 9.13 Å². The van der Waals surface area contributed by atoms with Crippen LogP contribution in [0.2, 0.25) is 0 Å². The Bertz CT molecular complexity index is 467. The van der Waals surface area contributed by atoms with Crippen molar-refractivity contribution in [3.05, 3.63) is 45.3 Å². The number of hydrogen-bond acceptors (Lipinski definition) is 2. The van der Waals surface area contributed by atoms with E-state index in [1.165, 1.54) is 5.56 Å². The lowest BCUT2D eigenvalue weighted by molar-refractivity contribution is 0.624. The fourth-order valence-electron chi connectivity index (χ4n) is 1.56. The molecule has 0 spiro atoms. The predicted octanol–water partition coefficient (Wildman–Crippen LogP) is 2.17. The molecule has 3 nitrogen and oxygen atoms in total. The second-order valence-corrected chi connectivity index (χ2v) is 4.31. The molecular formula is C11H14N2OS. The van der Waals surface area contributed by atoms with E-state index in [4.69, 9.17) is 0 Å². The molecule has 2 aromatic heterocycles. The van der Waals surface area contributed by atoms with Gasteiger partial charge in [0.1, 0.15) is 0 Å². The van der Waals surface area contributed by atoms with Gasteiger partial charge in [-0.25, -0.2) is 4.79 Å². The summed E-state index contributed by atoms with van der Waals surface area (Å²) in [6, 6.07) is 2.05. The highest BCUT2D eigenvalue weighted by Gasteiger charge is 2.02. The third-order valence-corrected chi connectivity index (χ3v) is 3.05. The van der Waals surface area contributed by atoms with Crippen molar-refractivity contribution in [3.8, 4) is 0 Å². The minimum Gasteiger partial charge on any atom is -0.299 e. The van der Waals surface area contributed by atoms with E-state index in [9.17, 15) is 4.79 Å². The van der Waals surface area contributed by atoms with Crippen LogP contribution in [0.3, 0.4) is 0 Å². The first-order valence-electron chi connectivity index (χ1n) is 5.08. The van der Waals surface area contributed by atoms with Gasteiger partial charge in [0, 0.05) is 18.9 Å². The van der Waals surface area contributed by atoms with Crippen molar-refractivity contribution in [1.29, 1.82) is 0 Å². The Morgan fingerprint density at radius 3 is 2.80 bits per heavy atom. The summed E-state index contributed by atoms with van der Waals surface area (Å²) in [5.74, 6) is 0. The SMILES string of the molecule is CCCn1ccn(Cc2ccsc2)c1=O. The van der Waals surface area contributed by atoms with Gasteiger partial charge in [0.25, 0.3) is 0 Å². The molecule has 0 aliphatic rings. The third kappa shape index (κ3) is 2.21. The predicted molar refractivity (Wildman–Crippen MR) is 62.4 cm³/mol. The number of imidazole rings is 1. The normalized spacial score (nSPS) is 10.7. The van der Waals surface area contributed by atoms with Crippen molar-refractivity contribution in [2.45, 2.75) is 26.4 Å². The molecule has 0 radical (unpaired) electrons. The van der Waals surface area contributed by atoms with Crippen molar-refractivity contribution in [1.82, 2.24) is 9.13 Å². The zero-order valence-corrected chi connectivity index (χ0v) is 9.54. The van der Waals surface area contributed by atoms with Crippen molar-refractivity contribution in [2.24, 2.45) is 0 Å². The average molecular weight is 222 g/mol. The molecule has 80 valence electrons. The topological polar surface area (TPSA) is 26.9 Å². The molecule has 0 unspecified atom stereocenters. The maximum atomic E-state index is 11.8. The molecule has 0 aromatic carbocycles. The second-order valence-electron chi connectivity index (χ2n) is 3.53. The molecule has 0 N–H and O–H groups in total. The summed E-state index contributed by atoms with van der Waals surface area (Å²) in [6.07, 6.45) is 4.70. The monoisotopic (exact) mass is 222 g/mol. The average Bonchev–Trinajstić information content (AvgIpc) is 2.83.